The molecule has 2 aromatic rings. The van der Waals surface area contributed by atoms with Crippen LogP contribution in [-0.2, 0) is 6.42 Å². The minimum absolute atomic E-state index is 0. The highest BCUT2D eigenvalue weighted by molar-refractivity contribution is 5.85. The largest absolute Gasteiger partial charge is 0.497 e. The Bertz CT molecular complexity index is 723. The molecule has 0 saturated carbocycles. The highest BCUT2D eigenvalue weighted by Crippen LogP contribution is 2.41. The number of hydrogen-bond acceptors (Lipinski definition) is 3. The van der Waals surface area contributed by atoms with Gasteiger partial charge in [0.15, 0.2) is 0 Å². The monoisotopic (exact) mass is 408 g/mol. The number of methoxy groups -OCH3 is 1. The second-order valence-corrected chi connectivity index (χ2v) is 7.37. The molecular weight excluding hydrogens is 379 g/mol. The average Bonchev–Trinajstić information content (AvgIpc) is 3.12. The molecule has 0 radical (unpaired) electrons. The number of rotatable bonds is 4. The smallest absolute Gasteiger partial charge is 0.119 e. The van der Waals surface area contributed by atoms with Gasteiger partial charge in [-0.05, 0) is 60.1 Å². The van der Waals surface area contributed by atoms with Crippen molar-refractivity contribution in [2.45, 2.75) is 31.7 Å². The summed E-state index contributed by atoms with van der Waals surface area (Å²) in [6.07, 6.45) is 2.52. The Balaban J connectivity index is 0.00000131. The summed E-state index contributed by atoms with van der Waals surface area (Å²) < 4.78 is 5.32. The lowest BCUT2D eigenvalue weighted by Crippen LogP contribution is -2.55. The lowest BCUT2D eigenvalue weighted by Gasteiger charge is -2.43. The highest BCUT2D eigenvalue weighted by atomic mass is 35.5. The van der Waals surface area contributed by atoms with Gasteiger partial charge in [-0.3, -0.25) is 0 Å². The molecular formula is C22H30Cl2N2O. The van der Waals surface area contributed by atoms with Gasteiger partial charge in [0.2, 0.25) is 0 Å². The van der Waals surface area contributed by atoms with Crippen LogP contribution in [-0.4, -0.2) is 32.8 Å². The van der Waals surface area contributed by atoms with Crippen molar-refractivity contribution >= 4 is 30.5 Å². The van der Waals surface area contributed by atoms with Crippen molar-refractivity contribution in [1.29, 1.82) is 0 Å². The van der Waals surface area contributed by atoms with Crippen LogP contribution in [0.2, 0.25) is 0 Å². The molecule has 2 aromatic carbocycles. The lowest BCUT2D eigenvalue weighted by molar-refractivity contribution is 0.323. The van der Waals surface area contributed by atoms with Crippen LogP contribution in [0.5, 0.6) is 5.75 Å². The molecule has 0 spiro atoms. The van der Waals surface area contributed by atoms with Crippen LogP contribution in [0.15, 0.2) is 48.5 Å². The molecule has 0 aromatic heterocycles. The predicted molar refractivity (Wildman–Crippen MR) is 118 cm³/mol. The number of nitrogens with one attached hydrogen (secondary N) is 1. The van der Waals surface area contributed by atoms with Gasteiger partial charge < -0.3 is 15.0 Å². The van der Waals surface area contributed by atoms with Crippen LogP contribution in [0.1, 0.15) is 30.4 Å². The quantitative estimate of drug-likeness (QED) is 0.794. The van der Waals surface area contributed by atoms with E-state index in [-0.39, 0.29) is 24.8 Å². The van der Waals surface area contributed by atoms with E-state index >= 15 is 0 Å². The Morgan fingerprint density at radius 2 is 1.81 bits per heavy atom. The number of benzene rings is 2. The molecule has 27 heavy (non-hydrogen) atoms. The number of aryl methyl sites for hydroxylation is 1. The van der Waals surface area contributed by atoms with E-state index in [4.69, 9.17) is 4.74 Å². The van der Waals surface area contributed by atoms with E-state index in [1.807, 2.05) is 0 Å². The molecule has 1 saturated heterocycles. The fourth-order valence-electron chi connectivity index (χ4n) is 4.69. The van der Waals surface area contributed by atoms with E-state index in [2.05, 4.69) is 65.7 Å². The zero-order valence-electron chi connectivity index (χ0n) is 16.1. The number of piperazine rings is 1. The maximum atomic E-state index is 5.32. The SMILES string of the molecule is COc1ccc(N2CCNCC2C(C)C2CCc3ccccc32)cc1.Cl.Cl. The normalized spacial score (nSPS) is 22.2. The molecule has 2 aliphatic rings. The Kier molecular flexibility index (Phi) is 7.84. The van der Waals surface area contributed by atoms with Crippen molar-refractivity contribution in [2.24, 2.45) is 5.92 Å². The zero-order chi connectivity index (χ0) is 17.2. The molecule has 148 valence electrons. The summed E-state index contributed by atoms with van der Waals surface area (Å²) in [7, 11) is 1.72. The van der Waals surface area contributed by atoms with Crippen molar-refractivity contribution in [2.75, 3.05) is 31.6 Å². The van der Waals surface area contributed by atoms with Crippen LogP contribution in [0.3, 0.4) is 0 Å². The lowest BCUT2D eigenvalue weighted by atomic mass is 9.82. The molecule has 1 fully saturated rings. The van der Waals surface area contributed by atoms with Crippen LogP contribution < -0.4 is 15.0 Å². The summed E-state index contributed by atoms with van der Waals surface area (Å²) in [5.74, 6) is 2.22. The zero-order valence-corrected chi connectivity index (χ0v) is 17.7. The standard InChI is InChI=1S/C22H28N2O.2ClH/c1-16(20-12-7-17-5-3-4-6-21(17)20)22-15-23-13-14-24(22)18-8-10-19(25-2)11-9-18;;/h3-6,8-11,16,20,22-23H,7,12-15H2,1-2H3;2*1H. The van der Waals surface area contributed by atoms with Crippen LogP contribution in [0.25, 0.3) is 0 Å². The van der Waals surface area contributed by atoms with Gasteiger partial charge in [-0.2, -0.15) is 0 Å². The summed E-state index contributed by atoms with van der Waals surface area (Å²) in [6.45, 7) is 5.62. The van der Waals surface area contributed by atoms with Crippen molar-refractivity contribution < 1.29 is 4.74 Å². The van der Waals surface area contributed by atoms with E-state index in [0.717, 1.165) is 25.4 Å². The fraction of sp³-hybridized carbons (Fsp3) is 0.455. The van der Waals surface area contributed by atoms with Gasteiger partial charge in [-0.15, -0.1) is 24.8 Å². The molecule has 1 N–H and O–H groups in total. The van der Waals surface area contributed by atoms with E-state index in [0.29, 0.717) is 17.9 Å². The minimum atomic E-state index is 0. The molecule has 3 nitrogen and oxygen atoms in total. The molecule has 1 aliphatic heterocycles. The van der Waals surface area contributed by atoms with Gasteiger partial charge in [0.05, 0.1) is 7.11 Å². The predicted octanol–water partition coefficient (Wildman–Crippen LogP) is 4.68. The summed E-state index contributed by atoms with van der Waals surface area (Å²) in [6, 6.07) is 18.1. The first kappa shape index (κ1) is 21.9. The third kappa shape index (κ3) is 4.37. The molecule has 0 bridgehead atoms. The van der Waals surface area contributed by atoms with Gasteiger partial charge in [0.1, 0.15) is 5.75 Å². The van der Waals surface area contributed by atoms with Gasteiger partial charge in [0, 0.05) is 31.4 Å². The molecule has 0 amide bonds. The number of ether oxygens (including phenoxy) is 1. The Hall–Kier alpha value is -1.42. The topological polar surface area (TPSA) is 24.5 Å². The number of nitrogens with zero attached hydrogens (tertiary/aromatic N) is 1. The van der Waals surface area contributed by atoms with Crippen LogP contribution in [0, 0.1) is 5.92 Å². The second-order valence-electron chi connectivity index (χ2n) is 7.37. The molecule has 5 heteroatoms. The van der Waals surface area contributed by atoms with E-state index in [9.17, 15) is 0 Å². The maximum Gasteiger partial charge on any atom is 0.119 e. The number of halogens is 2. The van der Waals surface area contributed by atoms with E-state index in [1.165, 1.54) is 18.5 Å². The van der Waals surface area contributed by atoms with Crippen molar-refractivity contribution in [3.63, 3.8) is 0 Å². The summed E-state index contributed by atoms with van der Waals surface area (Å²) in [4.78, 5) is 2.60. The summed E-state index contributed by atoms with van der Waals surface area (Å²) in [5.41, 5.74) is 4.44. The molecule has 3 atom stereocenters. The Labute approximate surface area is 175 Å². The Morgan fingerprint density at radius 1 is 1.07 bits per heavy atom. The number of fused-ring (bicyclic) bond motifs is 1. The summed E-state index contributed by atoms with van der Waals surface area (Å²) >= 11 is 0. The van der Waals surface area contributed by atoms with Gasteiger partial charge in [0.25, 0.3) is 0 Å². The summed E-state index contributed by atoms with van der Waals surface area (Å²) in [5, 5.41) is 3.62. The maximum absolute atomic E-state index is 5.32. The molecule has 3 unspecified atom stereocenters. The minimum Gasteiger partial charge on any atom is -0.497 e. The van der Waals surface area contributed by atoms with E-state index in [1.54, 1.807) is 18.2 Å². The average molecular weight is 409 g/mol. The number of hydrogen-bond donors (Lipinski definition) is 1. The first-order valence-corrected chi connectivity index (χ1v) is 9.47. The van der Waals surface area contributed by atoms with Crippen molar-refractivity contribution in [3.05, 3.63) is 59.7 Å². The third-order valence-electron chi connectivity index (χ3n) is 6.11. The molecule has 1 heterocycles. The van der Waals surface area contributed by atoms with Gasteiger partial charge in [-0.1, -0.05) is 31.2 Å². The highest BCUT2D eigenvalue weighted by Gasteiger charge is 2.35. The van der Waals surface area contributed by atoms with Gasteiger partial charge in [-0.25, -0.2) is 0 Å². The van der Waals surface area contributed by atoms with Crippen molar-refractivity contribution in [3.8, 4) is 5.75 Å². The third-order valence-corrected chi connectivity index (χ3v) is 6.11. The fourth-order valence-corrected chi connectivity index (χ4v) is 4.69. The Morgan fingerprint density at radius 3 is 2.56 bits per heavy atom. The molecule has 4 rings (SSSR count). The van der Waals surface area contributed by atoms with E-state index < -0.39 is 0 Å². The van der Waals surface area contributed by atoms with Crippen molar-refractivity contribution in [1.82, 2.24) is 5.32 Å². The second kappa shape index (κ2) is 9.68. The van der Waals surface area contributed by atoms with Crippen LogP contribution >= 0.6 is 24.8 Å². The first-order valence-electron chi connectivity index (χ1n) is 9.47. The number of anilines is 1. The van der Waals surface area contributed by atoms with Gasteiger partial charge >= 0.3 is 0 Å². The first-order chi connectivity index (χ1) is 12.3. The van der Waals surface area contributed by atoms with Crippen LogP contribution in [0.4, 0.5) is 5.69 Å². The molecule has 1 aliphatic carbocycles.